The molecule has 198 valence electrons. The van der Waals surface area contributed by atoms with Crippen LogP contribution in [0.1, 0.15) is 31.9 Å². The molecule has 8 nitrogen and oxygen atoms in total. The number of esters is 1. The quantitative estimate of drug-likeness (QED) is 0.380. The van der Waals surface area contributed by atoms with Gasteiger partial charge in [0.2, 0.25) is 9.05 Å². The van der Waals surface area contributed by atoms with Gasteiger partial charge in [0.05, 0.1) is 29.1 Å². The third-order valence-corrected chi connectivity index (χ3v) is 7.78. The van der Waals surface area contributed by atoms with Gasteiger partial charge in [-0.3, -0.25) is 9.10 Å². The van der Waals surface area contributed by atoms with E-state index in [4.69, 9.17) is 20.2 Å². The fourth-order valence-corrected chi connectivity index (χ4v) is 6.09. The van der Waals surface area contributed by atoms with Crippen LogP contribution >= 0.6 is 10.7 Å². The molecule has 0 aliphatic carbocycles. The lowest BCUT2D eigenvalue weighted by Crippen LogP contribution is -2.46. The Morgan fingerprint density at radius 2 is 1.78 bits per heavy atom. The van der Waals surface area contributed by atoms with E-state index in [9.17, 15) is 34.8 Å². The van der Waals surface area contributed by atoms with Gasteiger partial charge in [0.25, 0.3) is 10.0 Å². The molecular weight excluding hydrogens is 547 g/mol. The molecule has 2 aromatic carbocycles. The number of alkyl halides is 3. The highest BCUT2D eigenvalue weighted by Crippen LogP contribution is 2.39. The lowest BCUT2D eigenvalue weighted by molar-refractivity contribution is -0.153. The van der Waals surface area contributed by atoms with Gasteiger partial charge in [-0.2, -0.15) is 13.2 Å². The molecule has 1 aliphatic rings. The van der Waals surface area contributed by atoms with Crippen molar-refractivity contribution in [2.45, 2.75) is 50.0 Å². The molecule has 0 amide bonds. The molecule has 1 aliphatic heterocycles. The Labute approximate surface area is 211 Å². The summed E-state index contributed by atoms with van der Waals surface area (Å²) >= 11 is 0. The summed E-state index contributed by atoms with van der Waals surface area (Å²) in [6, 6.07) is 7.31. The molecule has 0 spiro atoms. The van der Waals surface area contributed by atoms with Crippen LogP contribution in [0.5, 0.6) is 5.75 Å². The van der Waals surface area contributed by atoms with Crippen molar-refractivity contribution < 1.29 is 44.3 Å². The van der Waals surface area contributed by atoms with E-state index >= 15 is 0 Å². The normalized spacial score (nSPS) is 16.8. The molecule has 1 heterocycles. The first-order valence-corrected chi connectivity index (χ1v) is 14.4. The maximum absolute atomic E-state index is 13.5. The average molecular weight is 570 g/mol. The van der Waals surface area contributed by atoms with E-state index in [2.05, 4.69) is 0 Å². The predicted octanol–water partition coefficient (Wildman–Crippen LogP) is 4.11. The van der Waals surface area contributed by atoms with Crippen LogP contribution in [0.3, 0.4) is 0 Å². The SMILES string of the molecule is CC(C)(C)OC(=O)Cc1ccc2c(c1)N(S(=O)(=O)c1cccc(C(F)(F)F)c1)C[C@H](CS(=O)(=O)Cl)O2. The highest BCUT2D eigenvalue weighted by molar-refractivity contribution is 8.13. The van der Waals surface area contributed by atoms with Crippen LogP contribution in [0.15, 0.2) is 47.4 Å². The number of fused-ring (bicyclic) bond motifs is 1. The Hall–Kier alpha value is -2.51. The van der Waals surface area contributed by atoms with E-state index in [1.807, 2.05) is 0 Å². The molecule has 14 heteroatoms. The zero-order valence-electron chi connectivity index (χ0n) is 19.4. The number of anilines is 1. The maximum atomic E-state index is 13.5. The molecule has 0 radical (unpaired) electrons. The highest BCUT2D eigenvalue weighted by Gasteiger charge is 2.38. The van der Waals surface area contributed by atoms with E-state index in [1.165, 1.54) is 18.2 Å². The number of carbonyl (C=O) groups is 1. The second-order valence-corrected chi connectivity index (χ2v) is 13.8. The minimum absolute atomic E-state index is 0.0462. The molecule has 2 aromatic rings. The Kier molecular flexibility index (Phi) is 7.60. The van der Waals surface area contributed by atoms with Crippen LogP contribution < -0.4 is 9.04 Å². The van der Waals surface area contributed by atoms with Crippen LogP contribution in [-0.2, 0) is 41.2 Å². The third-order valence-electron chi connectivity index (χ3n) is 4.86. The van der Waals surface area contributed by atoms with E-state index < -0.39 is 65.7 Å². The van der Waals surface area contributed by atoms with Gasteiger partial charge in [0.15, 0.2) is 0 Å². The van der Waals surface area contributed by atoms with E-state index in [0.29, 0.717) is 11.6 Å². The van der Waals surface area contributed by atoms with Gasteiger partial charge in [0, 0.05) is 10.7 Å². The van der Waals surface area contributed by atoms with E-state index in [-0.39, 0.29) is 17.9 Å². The number of hydrogen-bond acceptors (Lipinski definition) is 7. The van der Waals surface area contributed by atoms with Crippen molar-refractivity contribution in [3.8, 4) is 5.75 Å². The summed E-state index contributed by atoms with van der Waals surface area (Å²) < 4.78 is 102. The first-order valence-electron chi connectivity index (χ1n) is 10.5. The van der Waals surface area contributed by atoms with Crippen molar-refractivity contribution in [1.29, 1.82) is 0 Å². The van der Waals surface area contributed by atoms with Crippen molar-refractivity contribution in [3.63, 3.8) is 0 Å². The lowest BCUT2D eigenvalue weighted by atomic mass is 10.1. The fourth-order valence-electron chi connectivity index (χ4n) is 3.51. The number of benzene rings is 2. The van der Waals surface area contributed by atoms with Crippen molar-refractivity contribution in [2.75, 3.05) is 16.6 Å². The molecule has 3 rings (SSSR count). The average Bonchev–Trinajstić information content (AvgIpc) is 2.70. The van der Waals surface area contributed by atoms with Crippen LogP contribution in [-0.4, -0.2) is 46.8 Å². The Morgan fingerprint density at radius 1 is 1.11 bits per heavy atom. The molecule has 0 unspecified atom stereocenters. The number of nitrogens with zero attached hydrogens (tertiary/aromatic N) is 1. The standard InChI is InChI=1S/C22H23ClF3NO7S2/c1-21(2,3)34-20(28)10-14-7-8-19-18(9-14)27(12-16(33-19)13-35(23,29)30)36(31,32)17-6-4-5-15(11-17)22(24,25)26/h4-9,11,16H,10,12-13H2,1-3H3/t16-/m1/s1. The minimum atomic E-state index is -4.79. The van der Waals surface area contributed by atoms with Crippen LogP contribution in [0.4, 0.5) is 18.9 Å². The maximum Gasteiger partial charge on any atom is 0.416 e. The molecular formula is C22H23ClF3NO7S2. The van der Waals surface area contributed by atoms with Crippen molar-refractivity contribution in [1.82, 2.24) is 0 Å². The van der Waals surface area contributed by atoms with Crippen molar-refractivity contribution in [2.24, 2.45) is 0 Å². The predicted molar refractivity (Wildman–Crippen MR) is 126 cm³/mol. The largest absolute Gasteiger partial charge is 0.485 e. The minimum Gasteiger partial charge on any atom is -0.485 e. The number of sulfonamides is 1. The summed E-state index contributed by atoms with van der Waals surface area (Å²) in [6.45, 7) is 4.49. The molecule has 0 saturated carbocycles. The van der Waals surface area contributed by atoms with Crippen molar-refractivity contribution in [3.05, 3.63) is 53.6 Å². The van der Waals surface area contributed by atoms with Gasteiger partial charge < -0.3 is 9.47 Å². The van der Waals surface area contributed by atoms with Crippen LogP contribution in [0, 0.1) is 0 Å². The Morgan fingerprint density at radius 3 is 2.36 bits per heavy atom. The zero-order valence-corrected chi connectivity index (χ0v) is 21.8. The van der Waals surface area contributed by atoms with Gasteiger partial charge in [0.1, 0.15) is 23.2 Å². The number of hydrogen-bond donors (Lipinski definition) is 0. The molecule has 36 heavy (non-hydrogen) atoms. The molecule has 0 fully saturated rings. The summed E-state index contributed by atoms with van der Waals surface area (Å²) in [5.74, 6) is -1.38. The van der Waals surface area contributed by atoms with Crippen LogP contribution in [0.2, 0.25) is 0 Å². The summed E-state index contributed by atoms with van der Waals surface area (Å²) in [6.07, 6.45) is -6.25. The fraction of sp³-hybridized carbons (Fsp3) is 0.409. The lowest BCUT2D eigenvalue weighted by Gasteiger charge is -2.35. The van der Waals surface area contributed by atoms with E-state index in [0.717, 1.165) is 22.5 Å². The Balaban J connectivity index is 2.07. The topological polar surface area (TPSA) is 107 Å². The smallest absolute Gasteiger partial charge is 0.416 e. The first-order chi connectivity index (χ1) is 16.3. The molecule has 0 bridgehead atoms. The second kappa shape index (κ2) is 9.75. The van der Waals surface area contributed by atoms with Gasteiger partial charge >= 0.3 is 12.1 Å². The second-order valence-electron chi connectivity index (χ2n) is 9.07. The summed E-state index contributed by atoms with van der Waals surface area (Å²) in [4.78, 5) is 11.6. The van der Waals surface area contributed by atoms with Gasteiger partial charge in [-0.05, 0) is 56.7 Å². The monoisotopic (exact) mass is 569 g/mol. The molecule has 0 N–H and O–H groups in total. The van der Waals surface area contributed by atoms with Gasteiger partial charge in [-0.25, -0.2) is 16.8 Å². The van der Waals surface area contributed by atoms with Crippen LogP contribution in [0.25, 0.3) is 0 Å². The highest BCUT2D eigenvalue weighted by atomic mass is 35.7. The zero-order chi connectivity index (χ0) is 27.1. The number of ether oxygens (including phenoxy) is 2. The summed E-state index contributed by atoms with van der Waals surface area (Å²) in [5.41, 5.74) is -1.65. The van der Waals surface area contributed by atoms with Crippen molar-refractivity contribution >= 4 is 41.4 Å². The summed E-state index contributed by atoms with van der Waals surface area (Å²) in [5, 5.41) is 0. The summed E-state index contributed by atoms with van der Waals surface area (Å²) in [7, 11) is -3.41. The molecule has 0 saturated heterocycles. The van der Waals surface area contributed by atoms with E-state index in [1.54, 1.807) is 20.8 Å². The number of halogens is 4. The Bertz CT molecular complexity index is 1370. The molecule has 0 aromatic heterocycles. The van der Waals surface area contributed by atoms with Gasteiger partial charge in [-0.1, -0.05) is 12.1 Å². The molecule has 1 atom stereocenters. The first kappa shape index (κ1) is 28.1. The number of rotatable bonds is 6. The van der Waals surface area contributed by atoms with Gasteiger partial charge in [-0.15, -0.1) is 0 Å². The number of carbonyl (C=O) groups excluding carboxylic acids is 1. The third kappa shape index (κ3) is 7.04.